The minimum absolute atomic E-state index is 0.0164. The molecule has 0 radical (unpaired) electrons. The molecule has 1 aliphatic rings. The summed E-state index contributed by atoms with van der Waals surface area (Å²) in [6.07, 6.45) is -0.0492. The molecule has 0 saturated heterocycles. The van der Waals surface area contributed by atoms with Crippen LogP contribution < -0.4 is 14.4 Å². The van der Waals surface area contributed by atoms with E-state index in [0.717, 1.165) is 29.5 Å². The van der Waals surface area contributed by atoms with E-state index in [0.29, 0.717) is 4.90 Å². The van der Waals surface area contributed by atoms with Gasteiger partial charge >= 0.3 is 5.97 Å². The molecule has 2 N–H and O–H groups in total. The lowest BCUT2D eigenvalue weighted by atomic mass is 10.0. The number of carbonyl (C=O) groups is 3. The Kier molecular flexibility index (Phi) is 7.27. The Hall–Kier alpha value is -3.90. The number of nitrogens with zero attached hydrogens (tertiary/aromatic N) is 1. The van der Waals surface area contributed by atoms with Crippen LogP contribution in [-0.2, 0) is 17.8 Å². The van der Waals surface area contributed by atoms with Crippen LogP contribution >= 0.6 is 11.3 Å². The number of carbonyl (C=O) groups excluding carboxylic acids is 2. The third-order valence-electron chi connectivity index (χ3n) is 5.32. The molecule has 0 atom stereocenters. The molecular formula is C24H18F3NO7S. The average Bonchev–Trinajstić information content (AvgIpc) is 3.27. The summed E-state index contributed by atoms with van der Waals surface area (Å²) < 4.78 is 53.8. The number of hydrogen-bond donors (Lipinski definition) is 2. The van der Waals surface area contributed by atoms with Crippen LogP contribution in [0.5, 0.6) is 11.5 Å². The number of anilines is 1. The molecule has 0 aliphatic carbocycles. The van der Waals surface area contributed by atoms with Crippen molar-refractivity contribution in [2.75, 3.05) is 18.1 Å². The molecule has 2 amide bonds. The first-order valence-corrected chi connectivity index (χ1v) is 11.4. The van der Waals surface area contributed by atoms with Gasteiger partial charge in [-0.15, -0.1) is 11.3 Å². The Balaban J connectivity index is 1.62. The van der Waals surface area contributed by atoms with Gasteiger partial charge in [0, 0.05) is 19.1 Å². The molecule has 0 saturated carbocycles. The predicted octanol–water partition coefficient (Wildman–Crippen LogP) is 3.93. The summed E-state index contributed by atoms with van der Waals surface area (Å²) in [5.41, 5.74) is -0.691. The first-order chi connectivity index (χ1) is 17.2. The molecule has 1 aliphatic heterocycles. The highest BCUT2D eigenvalue weighted by Gasteiger charge is 2.38. The van der Waals surface area contributed by atoms with Crippen molar-refractivity contribution in [1.29, 1.82) is 0 Å². The van der Waals surface area contributed by atoms with Crippen molar-refractivity contribution in [3.05, 3.63) is 74.7 Å². The predicted molar refractivity (Wildman–Crippen MR) is 121 cm³/mol. The topological polar surface area (TPSA) is 113 Å². The standard InChI is InChI=1S/C24H18F3NO7S/c25-15-3-2-13(35-10-14-18(34-7-1-6-29)5-4-16(26)21(14)27)9-17(15)28-19(30)8-12-11-36-22(24(32)33)20(12)23(28)31/h2-5,9,11,29H,1,6-8,10H2,(H,32,33). The minimum atomic E-state index is -1.35. The van der Waals surface area contributed by atoms with Gasteiger partial charge in [-0.2, -0.15) is 0 Å². The Labute approximate surface area is 206 Å². The first kappa shape index (κ1) is 25.2. The molecule has 188 valence electrons. The quantitative estimate of drug-likeness (QED) is 0.324. The Morgan fingerprint density at radius 3 is 2.56 bits per heavy atom. The van der Waals surface area contributed by atoms with Crippen molar-refractivity contribution in [1.82, 2.24) is 0 Å². The monoisotopic (exact) mass is 521 g/mol. The van der Waals surface area contributed by atoms with Gasteiger partial charge in [0.2, 0.25) is 5.91 Å². The van der Waals surface area contributed by atoms with Gasteiger partial charge in [0.1, 0.15) is 28.8 Å². The molecule has 0 fully saturated rings. The Bertz CT molecular complexity index is 1360. The summed E-state index contributed by atoms with van der Waals surface area (Å²) in [5.74, 6) is -6.52. The number of imide groups is 1. The van der Waals surface area contributed by atoms with E-state index in [9.17, 15) is 32.7 Å². The van der Waals surface area contributed by atoms with E-state index < -0.39 is 47.5 Å². The molecule has 2 heterocycles. The number of carboxylic acid groups (broad SMARTS) is 1. The molecule has 12 heteroatoms. The van der Waals surface area contributed by atoms with Gasteiger partial charge in [-0.05, 0) is 35.2 Å². The van der Waals surface area contributed by atoms with E-state index >= 15 is 0 Å². The van der Waals surface area contributed by atoms with Crippen LogP contribution in [0.4, 0.5) is 18.9 Å². The number of rotatable bonds is 9. The molecule has 4 rings (SSSR count). The molecular weight excluding hydrogens is 503 g/mol. The van der Waals surface area contributed by atoms with E-state index in [1.807, 2.05) is 0 Å². The van der Waals surface area contributed by atoms with Crippen LogP contribution in [0.2, 0.25) is 0 Å². The summed E-state index contributed by atoms with van der Waals surface area (Å²) in [7, 11) is 0. The van der Waals surface area contributed by atoms with E-state index in [2.05, 4.69) is 0 Å². The van der Waals surface area contributed by atoms with Crippen LogP contribution in [0, 0.1) is 17.5 Å². The van der Waals surface area contributed by atoms with Gasteiger partial charge in [0.25, 0.3) is 5.91 Å². The summed E-state index contributed by atoms with van der Waals surface area (Å²) in [6.45, 7) is -0.664. The van der Waals surface area contributed by atoms with Crippen molar-refractivity contribution in [2.45, 2.75) is 19.4 Å². The van der Waals surface area contributed by atoms with Gasteiger partial charge in [0.05, 0.1) is 29.8 Å². The number of amides is 2. The summed E-state index contributed by atoms with van der Waals surface area (Å²) in [4.78, 5) is 37.5. The normalized spacial score (nSPS) is 13.1. The summed E-state index contributed by atoms with van der Waals surface area (Å²) in [6, 6.07) is 5.20. The number of carboxylic acids is 1. The fourth-order valence-corrected chi connectivity index (χ4v) is 4.53. The van der Waals surface area contributed by atoms with Crippen LogP contribution in [0.3, 0.4) is 0 Å². The lowest BCUT2D eigenvalue weighted by Crippen LogP contribution is -2.43. The van der Waals surface area contributed by atoms with Crippen molar-refractivity contribution < 1.29 is 47.2 Å². The van der Waals surface area contributed by atoms with Crippen molar-refractivity contribution in [3.63, 3.8) is 0 Å². The molecule has 0 spiro atoms. The number of aliphatic hydroxyl groups excluding tert-OH is 1. The zero-order chi connectivity index (χ0) is 26.0. The summed E-state index contributed by atoms with van der Waals surface area (Å²) >= 11 is 0.791. The number of aliphatic hydroxyl groups is 1. The first-order valence-electron chi connectivity index (χ1n) is 10.6. The van der Waals surface area contributed by atoms with Crippen molar-refractivity contribution in [2.24, 2.45) is 0 Å². The molecule has 1 aromatic heterocycles. The van der Waals surface area contributed by atoms with E-state index in [4.69, 9.17) is 14.6 Å². The van der Waals surface area contributed by atoms with E-state index in [-0.39, 0.29) is 59.1 Å². The van der Waals surface area contributed by atoms with Crippen molar-refractivity contribution in [3.8, 4) is 11.5 Å². The third kappa shape index (κ3) is 4.77. The number of ether oxygens (including phenoxy) is 2. The SMILES string of the molecule is O=C(O)c1scc2c1C(=O)N(c1cc(OCc3c(OCCCO)ccc(F)c3F)ccc1F)C(=O)C2. The minimum Gasteiger partial charge on any atom is -0.493 e. The lowest BCUT2D eigenvalue weighted by Gasteiger charge is -2.26. The molecule has 36 heavy (non-hydrogen) atoms. The van der Waals surface area contributed by atoms with E-state index in [1.165, 1.54) is 17.5 Å². The highest BCUT2D eigenvalue weighted by molar-refractivity contribution is 7.12. The fraction of sp³-hybridized carbons (Fsp3) is 0.208. The summed E-state index contributed by atoms with van der Waals surface area (Å²) in [5, 5.41) is 19.7. The van der Waals surface area contributed by atoms with Gasteiger partial charge in [-0.1, -0.05) is 0 Å². The molecule has 3 aromatic rings. The highest BCUT2D eigenvalue weighted by Crippen LogP contribution is 2.35. The number of fused-ring (bicyclic) bond motifs is 1. The maximum absolute atomic E-state index is 14.7. The fourth-order valence-electron chi connectivity index (χ4n) is 3.63. The maximum atomic E-state index is 14.7. The smallest absolute Gasteiger partial charge is 0.346 e. The van der Waals surface area contributed by atoms with Crippen molar-refractivity contribution >= 4 is 34.8 Å². The zero-order valence-electron chi connectivity index (χ0n) is 18.4. The number of thiophene rings is 1. The average molecular weight is 521 g/mol. The Morgan fingerprint density at radius 2 is 1.83 bits per heavy atom. The molecule has 0 unspecified atom stereocenters. The van der Waals surface area contributed by atoms with Gasteiger partial charge < -0.3 is 19.7 Å². The molecule has 0 bridgehead atoms. The lowest BCUT2D eigenvalue weighted by molar-refractivity contribution is -0.117. The second kappa shape index (κ2) is 10.4. The Morgan fingerprint density at radius 1 is 1.08 bits per heavy atom. The number of hydrogen-bond acceptors (Lipinski definition) is 7. The number of benzene rings is 2. The van der Waals surface area contributed by atoms with Crippen LogP contribution in [0.15, 0.2) is 35.7 Å². The zero-order valence-corrected chi connectivity index (χ0v) is 19.2. The number of halogens is 3. The number of aromatic carboxylic acids is 1. The second-order valence-corrected chi connectivity index (χ2v) is 8.53. The largest absolute Gasteiger partial charge is 0.493 e. The third-order valence-corrected chi connectivity index (χ3v) is 6.34. The van der Waals surface area contributed by atoms with Gasteiger partial charge in [-0.25, -0.2) is 22.9 Å². The van der Waals surface area contributed by atoms with Crippen LogP contribution in [0.1, 0.15) is 37.6 Å². The second-order valence-electron chi connectivity index (χ2n) is 7.65. The van der Waals surface area contributed by atoms with Gasteiger partial charge in [0.15, 0.2) is 11.6 Å². The maximum Gasteiger partial charge on any atom is 0.346 e. The molecule has 2 aromatic carbocycles. The van der Waals surface area contributed by atoms with Crippen LogP contribution in [0.25, 0.3) is 0 Å². The van der Waals surface area contributed by atoms with Gasteiger partial charge in [-0.3, -0.25) is 9.59 Å². The van der Waals surface area contributed by atoms with Crippen LogP contribution in [-0.4, -0.2) is 41.2 Å². The highest BCUT2D eigenvalue weighted by atomic mass is 32.1. The molecule has 8 nitrogen and oxygen atoms in total. The van der Waals surface area contributed by atoms with E-state index in [1.54, 1.807) is 0 Å².